The first-order valence-corrected chi connectivity index (χ1v) is 12.1. The average Bonchev–Trinajstić information content (AvgIpc) is 2.72. The molecule has 1 saturated heterocycles. The van der Waals surface area contributed by atoms with Gasteiger partial charge in [-0.3, -0.25) is 4.79 Å². The van der Waals surface area contributed by atoms with Crippen LogP contribution >= 0.6 is 0 Å². The molecule has 0 bridgehead atoms. The fourth-order valence-electron chi connectivity index (χ4n) is 4.21. The third-order valence-electron chi connectivity index (χ3n) is 6.17. The fraction of sp³-hybridized carbons (Fsp3) is 0.435. The number of likely N-dealkylation sites (tertiary alicyclic amines) is 1. The number of rotatable bonds is 7. The van der Waals surface area contributed by atoms with Crippen molar-refractivity contribution in [2.45, 2.75) is 19.3 Å². The van der Waals surface area contributed by atoms with Crippen LogP contribution in [0.2, 0.25) is 0 Å². The lowest BCUT2D eigenvalue weighted by Gasteiger charge is -2.39. The zero-order valence-electron chi connectivity index (χ0n) is 18.1. The van der Waals surface area contributed by atoms with Crippen LogP contribution in [-0.4, -0.2) is 68.0 Å². The van der Waals surface area contributed by atoms with Crippen LogP contribution in [-0.2, 0) is 10.0 Å². The van der Waals surface area contributed by atoms with Gasteiger partial charge in [-0.1, -0.05) is 24.3 Å². The lowest BCUT2D eigenvalue weighted by Crippen LogP contribution is -2.46. The third kappa shape index (κ3) is 5.50. The van der Waals surface area contributed by atoms with Gasteiger partial charge < -0.3 is 10.0 Å². The second-order valence-corrected chi connectivity index (χ2v) is 10.3. The number of sulfonamides is 1. The number of piperidine rings is 1. The number of ketones is 1. The SMILES string of the molecule is Cc1c(F)cccc1[C@H]1CCN(CCN(C)S(C)(=O)=O)C[C@@H]1C(=O)c1cccc(O)c1. The predicted octanol–water partition coefficient (Wildman–Crippen LogP) is 3.02. The van der Waals surface area contributed by atoms with Crippen LogP contribution in [0.15, 0.2) is 42.5 Å². The standard InChI is InChI=1S/C23H29FN2O4S/c1-16-19(8-5-9-22(16)24)20-10-11-26(13-12-25(2)31(3,29)30)15-21(20)23(28)17-6-4-7-18(27)14-17/h4-9,14,20-21,27H,10-13,15H2,1-3H3/t20-,21+/m1/s1. The Balaban J connectivity index is 1.88. The highest BCUT2D eigenvalue weighted by molar-refractivity contribution is 7.88. The number of aromatic hydroxyl groups is 1. The van der Waals surface area contributed by atoms with E-state index >= 15 is 0 Å². The third-order valence-corrected chi connectivity index (χ3v) is 7.49. The van der Waals surface area contributed by atoms with Gasteiger partial charge in [0.15, 0.2) is 5.78 Å². The highest BCUT2D eigenvalue weighted by atomic mass is 32.2. The van der Waals surface area contributed by atoms with Gasteiger partial charge in [0.2, 0.25) is 10.0 Å². The number of halogens is 1. The van der Waals surface area contributed by atoms with Crippen molar-refractivity contribution in [3.63, 3.8) is 0 Å². The van der Waals surface area contributed by atoms with Crippen molar-refractivity contribution in [2.24, 2.45) is 5.92 Å². The maximum absolute atomic E-state index is 14.2. The number of hydrogen-bond acceptors (Lipinski definition) is 5. The van der Waals surface area contributed by atoms with E-state index in [4.69, 9.17) is 0 Å². The summed E-state index contributed by atoms with van der Waals surface area (Å²) in [6.45, 7) is 3.68. The fourth-order valence-corrected chi connectivity index (χ4v) is 4.62. The van der Waals surface area contributed by atoms with Crippen LogP contribution in [0.4, 0.5) is 4.39 Å². The molecule has 6 nitrogen and oxygen atoms in total. The molecular weight excluding hydrogens is 419 g/mol. The van der Waals surface area contributed by atoms with E-state index in [1.807, 2.05) is 6.07 Å². The molecule has 0 aliphatic carbocycles. The zero-order valence-corrected chi connectivity index (χ0v) is 18.9. The lowest BCUT2D eigenvalue weighted by atomic mass is 9.75. The smallest absolute Gasteiger partial charge is 0.210 e. The molecule has 0 radical (unpaired) electrons. The Kier molecular flexibility index (Phi) is 7.13. The molecule has 1 N–H and O–H groups in total. The summed E-state index contributed by atoms with van der Waals surface area (Å²) in [6.07, 6.45) is 1.82. The summed E-state index contributed by atoms with van der Waals surface area (Å²) in [5.41, 5.74) is 1.79. The van der Waals surface area contributed by atoms with E-state index in [-0.39, 0.29) is 23.3 Å². The zero-order chi connectivity index (χ0) is 22.8. The monoisotopic (exact) mass is 448 g/mol. The molecule has 1 aliphatic heterocycles. The quantitative estimate of drug-likeness (QED) is 0.659. The van der Waals surface area contributed by atoms with Gasteiger partial charge in [-0.25, -0.2) is 17.1 Å². The molecule has 0 spiro atoms. The Morgan fingerprint density at radius 2 is 1.97 bits per heavy atom. The van der Waals surface area contributed by atoms with Crippen molar-refractivity contribution in [3.05, 3.63) is 65.0 Å². The average molecular weight is 449 g/mol. The summed E-state index contributed by atoms with van der Waals surface area (Å²) < 4.78 is 38.9. The van der Waals surface area contributed by atoms with Crippen molar-refractivity contribution in [1.29, 1.82) is 0 Å². The van der Waals surface area contributed by atoms with Gasteiger partial charge in [-0.15, -0.1) is 0 Å². The lowest BCUT2D eigenvalue weighted by molar-refractivity contribution is 0.0774. The van der Waals surface area contributed by atoms with Crippen molar-refractivity contribution in [3.8, 4) is 5.75 Å². The number of phenols is 1. The number of likely N-dealkylation sites (N-methyl/N-ethyl adjacent to an activating group) is 1. The maximum Gasteiger partial charge on any atom is 0.210 e. The Hall–Kier alpha value is -2.29. The Morgan fingerprint density at radius 3 is 2.65 bits per heavy atom. The van der Waals surface area contributed by atoms with Gasteiger partial charge in [0.05, 0.1) is 6.26 Å². The van der Waals surface area contributed by atoms with E-state index in [9.17, 15) is 22.7 Å². The van der Waals surface area contributed by atoms with Crippen LogP contribution in [0.3, 0.4) is 0 Å². The second kappa shape index (κ2) is 9.46. The van der Waals surface area contributed by atoms with Crippen molar-refractivity contribution >= 4 is 15.8 Å². The van der Waals surface area contributed by atoms with Gasteiger partial charge in [-0.05, 0) is 55.1 Å². The summed E-state index contributed by atoms with van der Waals surface area (Å²) in [5, 5.41) is 9.82. The summed E-state index contributed by atoms with van der Waals surface area (Å²) in [7, 11) is -1.74. The number of Topliss-reactive ketones (excluding diaryl/α,β-unsaturated/α-hetero) is 1. The molecule has 0 unspecified atom stereocenters. The predicted molar refractivity (Wildman–Crippen MR) is 118 cm³/mol. The van der Waals surface area contributed by atoms with Gasteiger partial charge in [0, 0.05) is 38.2 Å². The van der Waals surface area contributed by atoms with E-state index in [0.29, 0.717) is 43.7 Å². The minimum Gasteiger partial charge on any atom is -0.508 e. The molecule has 1 fully saturated rings. The molecular formula is C23H29FN2O4S. The first-order chi connectivity index (χ1) is 14.6. The Labute approximate surface area is 183 Å². The first kappa shape index (κ1) is 23.4. The van der Waals surface area contributed by atoms with Crippen LogP contribution in [0, 0.1) is 18.7 Å². The molecule has 2 aromatic rings. The molecule has 2 aromatic carbocycles. The van der Waals surface area contributed by atoms with Gasteiger partial charge >= 0.3 is 0 Å². The molecule has 1 aliphatic rings. The van der Waals surface area contributed by atoms with Crippen LogP contribution < -0.4 is 0 Å². The highest BCUT2D eigenvalue weighted by Gasteiger charge is 2.36. The maximum atomic E-state index is 14.2. The summed E-state index contributed by atoms with van der Waals surface area (Å²) in [5.74, 6) is -0.968. The largest absolute Gasteiger partial charge is 0.508 e. The second-order valence-electron chi connectivity index (χ2n) is 8.26. The molecule has 2 atom stereocenters. The molecule has 0 saturated carbocycles. The van der Waals surface area contributed by atoms with Crippen molar-refractivity contribution < 1.29 is 22.7 Å². The number of carbonyl (C=O) groups is 1. The molecule has 1 heterocycles. The van der Waals surface area contributed by atoms with Gasteiger partial charge in [-0.2, -0.15) is 0 Å². The number of carbonyl (C=O) groups excluding carboxylic acids is 1. The number of nitrogens with zero attached hydrogens (tertiary/aromatic N) is 2. The topological polar surface area (TPSA) is 77.9 Å². The van der Waals surface area contributed by atoms with Crippen molar-refractivity contribution in [1.82, 2.24) is 9.21 Å². The number of benzene rings is 2. The van der Waals surface area contributed by atoms with E-state index in [1.54, 1.807) is 25.1 Å². The minimum absolute atomic E-state index is 0.0202. The Morgan fingerprint density at radius 1 is 1.26 bits per heavy atom. The molecule has 0 aromatic heterocycles. The van der Waals surface area contributed by atoms with E-state index in [2.05, 4.69) is 4.90 Å². The molecule has 8 heteroatoms. The van der Waals surface area contributed by atoms with Crippen LogP contribution in [0.5, 0.6) is 5.75 Å². The first-order valence-electron chi connectivity index (χ1n) is 10.3. The van der Waals surface area contributed by atoms with Crippen molar-refractivity contribution in [2.75, 3.05) is 39.5 Å². The van der Waals surface area contributed by atoms with Gasteiger partial charge in [0.25, 0.3) is 0 Å². The highest BCUT2D eigenvalue weighted by Crippen LogP contribution is 2.37. The van der Waals surface area contributed by atoms with Crippen LogP contribution in [0.1, 0.15) is 33.8 Å². The van der Waals surface area contributed by atoms with E-state index in [0.717, 1.165) is 5.56 Å². The summed E-state index contributed by atoms with van der Waals surface area (Å²) in [6, 6.07) is 11.2. The molecule has 168 valence electrons. The minimum atomic E-state index is -3.28. The summed E-state index contributed by atoms with van der Waals surface area (Å²) >= 11 is 0. The number of phenolic OH excluding ortho intramolecular Hbond substituents is 1. The van der Waals surface area contributed by atoms with Gasteiger partial charge in [0.1, 0.15) is 11.6 Å². The summed E-state index contributed by atoms with van der Waals surface area (Å²) in [4.78, 5) is 15.5. The van der Waals surface area contributed by atoms with Crippen LogP contribution in [0.25, 0.3) is 0 Å². The van der Waals surface area contributed by atoms with E-state index in [1.165, 1.54) is 35.8 Å². The molecule has 31 heavy (non-hydrogen) atoms. The van der Waals surface area contributed by atoms with E-state index < -0.39 is 15.9 Å². The molecule has 3 rings (SSSR count). The number of hydrogen-bond donors (Lipinski definition) is 1. The molecule has 0 amide bonds. The normalized spacial score (nSPS) is 20.2. The Bertz CT molecular complexity index is 1060.